The molecule has 2 fully saturated rings. The Morgan fingerprint density at radius 1 is 1.03 bits per heavy atom. The van der Waals surface area contributed by atoms with Gasteiger partial charge in [0, 0.05) is 55.9 Å². The van der Waals surface area contributed by atoms with Gasteiger partial charge in [0.2, 0.25) is 0 Å². The first-order valence-electron chi connectivity index (χ1n) is 13.7. The summed E-state index contributed by atoms with van der Waals surface area (Å²) in [5, 5.41) is 2.98. The lowest BCUT2D eigenvalue weighted by Gasteiger charge is -2.40. The SMILES string of the molecule is COc1ccc(C(=O)N[C@@H]2CCc3ccc(C(=O)N4CCC5(CCN(c6ccncc6)CC5)C4)cc32)c(F)c1. The second kappa shape index (κ2) is 10.3. The molecule has 202 valence electrons. The summed E-state index contributed by atoms with van der Waals surface area (Å²) >= 11 is 0. The summed E-state index contributed by atoms with van der Waals surface area (Å²) in [5.41, 5.74) is 4.08. The number of piperidine rings is 1. The van der Waals surface area contributed by atoms with Crippen molar-refractivity contribution in [3.8, 4) is 5.75 Å². The standard InChI is InChI=1S/C31H33FN4O3/c1-39-24-5-6-25(27(32)19-24)29(37)34-28-7-4-21-2-3-22(18-26(21)28)30(38)36-17-12-31(20-36)10-15-35(16-11-31)23-8-13-33-14-9-23/h2-3,5-6,8-9,13-14,18-19,28H,4,7,10-12,15-17,20H2,1H3,(H,34,37)/t28-/m1/s1. The summed E-state index contributed by atoms with van der Waals surface area (Å²) in [6.07, 6.45) is 8.36. The number of rotatable bonds is 5. The topological polar surface area (TPSA) is 74.8 Å². The Hall–Kier alpha value is -3.94. The van der Waals surface area contributed by atoms with Crippen LogP contribution in [0.5, 0.6) is 5.75 Å². The van der Waals surface area contributed by atoms with E-state index in [0.717, 1.165) is 69.4 Å². The first-order chi connectivity index (χ1) is 18.9. The van der Waals surface area contributed by atoms with Crippen LogP contribution < -0.4 is 15.0 Å². The molecule has 8 heteroatoms. The van der Waals surface area contributed by atoms with Crippen LogP contribution in [0.15, 0.2) is 60.9 Å². The predicted molar refractivity (Wildman–Crippen MR) is 147 cm³/mol. The Bertz CT molecular complexity index is 1390. The Labute approximate surface area is 228 Å². The number of benzene rings is 2. The number of pyridine rings is 1. The second-order valence-corrected chi connectivity index (χ2v) is 11.0. The molecule has 39 heavy (non-hydrogen) atoms. The fourth-order valence-corrected chi connectivity index (χ4v) is 6.42. The van der Waals surface area contributed by atoms with Crippen molar-refractivity contribution in [1.82, 2.24) is 15.2 Å². The number of fused-ring (bicyclic) bond motifs is 1. The molecule has 3 heterocycles. The second-order valence-electron chi connectivity index (χ2n) is 11.0. The molecule has 2 saturated heterocycles. The van der Waals surface area contributed by atoms with E-state index >= 15 is 0 Å². The van der Waals surface area contributed by atoms with Crippen molar-refractivity contribution in [3.05, 3.63) is 89.0 Å². The minimum atomic E-state index is -0.622. The molecule has 2 aliphatic heterocycles. The molecule has 1 N–H and O–H groups in total. The van der Waals surface area contributed by atoms with Crippen LogP contribution in [0.3, 0.4) is 0 Å². The van der Waals surface area contributed by atoms with E-state index in [-0.39, 0.29) is 22.9 Å². The van der Waals surface area contributed by atoms with Gasteiger partial charge in [0.05, 0.1) is 18.7 Å². The zero-order valence-electron chi connectivity index (χ0n) is 22.2. The van der Waals surface area contributed by atoms with Crippen molar-refractivity contribution in [2.75, 3.05) is 38.2 Å². The maximum absolute atomic E-state index is 14.5. The highest BCUT2D eigenvalue weighted by atomic mass is 19.1. The Morgan fingerprint density at radius 3 is 2.54 bits per heavy atom. The van der Waals surface area contributed by atoms with Crippen LogP contribution in [0.2, 0.25) is 0 Å². The smallest absolute Gasteiger partial charge is 0.254 e. The number of methoxy groups -OCH3 is 1. The number of carbonyl (C=O) groups excluding carboxylic acids is 2. The quantitative estimate of drug-likeness (QED) is 0.516. The highest BCUT2D eigenvalue weighted by molar-refractivity contribution is 5.96. The van der Waals surface area contributed by atoms with Crippen molar-refractivity contribution in [3.63, 3.8) is 0 Å². The third-order valence-electron chi connectivity index (χ3n) is 8.77. The Kier molecular flexibility index (Phi) is 6.71. The molecule has 0 unspecified atom stereocenters. The molecular formula is C31H33FN4O3. The predicted octanol–water partition coefficient (Wildman–Crippen LogP) is 4.78. The van der Waals surface area contributed by atoms with Crippen molar-refractivity contribution in [1.29, 1.82) is 0 Å². The number of amides is 2. The molecule has 3 aliphatic rings. The van der Waals surface area contributed by atoms with E-state index in [1.165, 1.54) is 24.9 Å². The van der Waals surface area contributed by atoms with Crippen LogP contribution >= 0.6 is 0 Å². The van der Waals surface area contributed by atoms with Gasteiger partial charge in [0.1, 0.15) is 11.6 Å². The fourth-order valence-electron chi connectivity index (χ4n) is 6.42. The number of halogens is 1. The zero-order valence-corrected chi connectivity index (χ0v) is 22.2. The van der Waals surface area contributed by atoms with Crippen molar-refractivity contribution in [2.24, 2.45) is 5.41 Å². The summed E-state index contributed by atoms with van der Waals surface area (Å²) in [6, 6.07) is 13.9. The number of likely N-dealkylation sites (tertiary alicyclic amines) is 1. The Morgan fingerprint density at radius 2 is 1.79 bits per heavy atom. The van der Waals surface area contributed by atoms with Gasteiger partial charge in [-0.15, -0.1) is 0 Å². The lowest BCUT2D eigenvalue weighted by Crippen LogP contribution is -2.42. The van der Waals surface area contributed by atoms with Crippen molar-refractivity contribution >= 4 is 17.5 Å². The van der Waals surface area contributed by atoms with Crippen LogP contribution in [0, 0.1) is 11.2 Å². The molecule has 7 nitrogen and oxygen atoms in total. The number of hydrogen-bond acceptors (Lipinski definition) is 5. The van der Waals surface area contributed by atoms with E-state index in [9.17, 15) is 14.0 Å². The van der Waals surface area contributed by atoms with E-state index < -0.39 is 11.7 Å². The summed E-state index contributed by atoms with van der Waals surface area (Å²) in [5.74, 6) is -0.682. The fraction of sp³-hybridized carbons (Fsp3) is 0.387. The van der Waals surface area contributed by atoms with Gasteiger partial charge in [-0.05, 0) is 85.0 Å². The van der Waals surface area contributed by atoms with Crippen molar-refractivity contribution in [2.45, 2.75) is 38.1 Å². The lowest BCUT2D eigenvalue weighted by molar-refractivity contribution is 0.0764. The van der Waals surface area contributed by atoms with Gasteiger partial charge in [0.25, 0.3) is 11.8 Å². The summed E-state index contributed by atoms with van der Waals surface area (Å²) in [7, 11) is 1.46. The van der Waals surface area contributed by atoms with E-state index in [2.05, 4.69) is 27.3 Å². The molecule has 0 radical (unpaired) electrons. The van der Waals surface area contributed by atoms with Crippen LogP contribution in [0.1, 0.15) is 63.6 Å². The number of aryl methyl sites for hydroxylation is 1. The number of carbonyl (C=O) groups is 2. The van der Waals surface area contributed by atoms with Gasteiger partial charge < -0.3 is 19.9 Å². The number of anilines is 1. The van der Waals surface area contributed by atoms with E-state index in [1.807, 2.05) is 35.5 Å². The van der Waals surface area contributed by atoms with E-state index in [0.29, 0.717) is 11.3 Å². The molecule has 1 aromatic heterocycles. The summed E-state index contributed by atoms with van der Waals surface area (Å²) in [6.45, 7) is 3.52. The number of nitrogens with one attached hydrogen (secondary N) is 1. The average molecular weight is 529 g/mol. The minimum absolute atomic E-state index is 0.0196. The molecular weight excluding hydrogens is 495 g/mol. The third kappa shape index (κ3) is 4.95. The highest BCUT2D eigenvalue weighted by Gasteiger charge is 2.42. The minimum Gasteiger partial charge on any atom is -0.497 e. The van der Waals surface area contributed by atoms with Crippen LogP contribution in [-0.4, -0.2) is 55.0 Å². The number of hydrogen-bond donors (Lipinski definition) is 1. The first kappa shape index (κ1) is 25.3. The number of ether oxygens (including phenoxy) is 1. The van der Waals surface area contributed by atoms with Gasteiger partial charge in [-0.2, -0.15) is 0 Å². The highest BCUT2D eigenvalue weighted by Crippen LogP contribution is 2.42. The monoisotopic (exact) mass is 528 g/mol. The molecule has 0 saturated carbocycles. The molecule has 2 aromatic carbocycles. The number of aromatic nitrogens is 1. The summed E-state index contributed by atoms with van der Waals surface area (Å²) < 4.78 is 19.5. The van der Waals surface area contributed by atoms with Gasteiger partial charge in [-0.3, -0.25) is 14.6 Å². The van der Waals surface area contributed by atoms with Gasteiger partial charge in [0.15, 0.2) is 0 Å². The van der Waals surface area contributed by atoms with Crippen LogP contribution in [0.25, 0.3) is 0 Å². The third-order valence-corrected chi connectivity index (χ3v) is 8.77. The molecule has 2 amide bonds. The van der Waals surface area contributed by atoms with Crippen molar-refractivity contribution < 1.29 is 18.7 Å². The van der Waals surface area contributed by atoms with Gasteiger partial charge >= 0.3 is 0 Å². The van der Waals surface area contributed by atoms with E-state index in [1.54, 1.807) is 6.07 Å². The largest absolute Gasteiger partial charge is 0.497 e. The number of nitrogens with zero attached hydrogens (tertiary/aromatic N) is 3. The zero-order chi connectivity index (χ0) is 27.0. The molecule has 1 aliphatic carbocycles. The van der Waals surface area contributed by atoms with Gasteiger partial charge in [-0.25, -0.2) is 4.39 Å². The Balaban J connectivity index is 1.11. The average Bonchev–Trinajstić information content (AvgIpc) is 3.57. The van der Waals surface area contributed by atoms with Crippen LogP contribution in [0.4, 0.5) is 10.1 Å². The molecule has 1 spiro atoms. The van der Waals surface area contributed by atoms with E-state index in [4.69, 9.17) is 4.74 Å². The maximum atomic E-state index is 14.5. The molecule has 3 aromatic rings. The van der Waals surface area contributed by atoms with Gasteiger partial charge in [-0.1, -0.05) is 6.07 Å². The molecule has 0 bridgehead atoms. The molecule has 1 atom stereocenters. The molecule has 6 rings (SSSR count). The summed E-state index contributed by atoms with van der Waals surface area (Å²) in [4.78, 5) is 35.0. The first-order valence-corrected chi connectivity index (χ1v) is 13.7. The normalized spacial score (nSPS) is 19.7. The van der Waals surface area contributed by atoms with Crippen LogP contribution in [-0.2, 0) is 6.42 Å². The maximum Gasteiger partial charge on any atom is 0.254 e. The lowest BCUT2D eigenvalue weighted by atomic mass is 9.77.